The molecule has 1 fully saturated rings. The quantitative estimate of drug-likeness (QED) is 0.766. The molecule has 2 rings (SSSR count). The fourth-order valence-corrected chi connectivity index (χ4v) is 2.41. The van der Waals surface area contributed by atoms with Gasteiger partial charge in [0, 0.05) is 31.6 Å². The van der Waals surface area contributed by atoms with Crippen LogP contribution >= 0.6 is 0 Å². The summed E-state index contributed by atoms with van der Waals surface area (Å²) in [6.07, 6.45) is 13.0. The fraction of sp³-hybridized carbons (Fsp3) is 0.467. The largest absolute Gasteiger partial charge is 0.339 e. The lowest BCUT2D eigenvalue weighted by atomic mass is 9.94. The van der Waals surface area contributed by atoms with Crippen LogP contribution in [0.4, 0.5) is 0 Å². The molecule has 0 N–H and O–H groups in total. The van der Waals surface area contributed by atoms with E-state index < -0.39 is 0 Å². The Morgan fingerprint density at radius 1 is 1.39 bits per heavy atom. The Morgan fingerprint density at radius 3 is 2.83 bits per heavy atom. The van der Waals surface area contributed by atoms with Gasteiger partial charge in [0.25, 0.3) is 0 Å². The van der Waals surface area contributed by atoms with Crippen LogP contribution in [0.5, 0.6) is 0 Å². The number of hydrogen-bond acceptors (Lipinski definition) is 2. The Kier molecular flexibility index (Phi) is 4.51. The number of aromatic nitrogens is 1. The average molecular weight is 244 g/mol. The van der Waals surface area contributed by atoms with Crippen molar-refractivity contribution >= 4 is 12.0 Å². The summed E-state index contributed by atoms with van der Waals surface area (Å²) in [7, 11) is 1.91. The molecule has 1 heterocycles. The SMILES string of the molecule is CN(C(=O)/C=C/c1cccnc1)C1CCCCC1. The molecule has 1 aromatic heterocycles. The summed E-state index contributed by atoms with van der Waals surface area (Å²) in [5, 5.41) is 0. The zero-order valence-corrected chi connectivity index (χ0v) is 10.9. The summed E-state index contributed by atoms with van der Waals surface area (Å²) in [4.78, 5) is 17.9. The molecular formula is C15H20N2O. The first kappa shape index (κ1) is 12.8. The molecule has 3 nitrogen and oxygen atoms in total. The van der Waals surface area contributed by atoms with E-state index in [1.807, 2.05) is 30.2 Å². The first-order valence-electron chi connectivity index (χ1n) is 6.62. The van der Waals surface area contributed by atoms with Crippen LogP contribution in [0.1, 0.15) is 37.7 Å². The Hall–Kier alpha value is -1.64. The highest BCUT2D eigenvalue weighted by Gasteiger charge is 2.20. The maximum Gasteiger partial charge on any atom is 0.246 e. The molecule has 0 radical (unpaired) electrons. The molecule has 0 aromatic carbocycles. The third-order valence-corrected chi connectivity index (χ3v) is 3.57. The van der Waals surface area contributed by atoms with Crippen LogP contribution in [0.2, 0.25) is 0 Å². The first-order chi connectivity index (χ1) is 8.77. The number of nitrogens with zero attached hydrogens (tertiary/aromatic N) is 2. The van der Waals surface area contributed by atoms with E-state index in [-0.39, 0.29) is 5.91 Å². The Labute approximate surface area is 109 Å². The highest BCUT2D eigenvalue weighted by atomic mass is 16.2. The molecule has 96 valence electrons. The molecule has 0 saturated heterocycles. The van der Waals surface area contributed by atoms with Crippen LogP contribution in [-0.2, 0) is 4.79 Å². The second-order valence-corrected chi connectivity index (χ2v) is 4.86. The van der Waals surface area contributed by atoms with E-state index in [1.54, 1.807) is 18.5 Å². The predicted molar refractivity (Wildman–Crippen MR) is 72.9 cm³/mol. The summed E-state index contributed by atoms with van der Waals surface area (Å²) < 4.78 is 0. The highest BCUT2D eigenvalue weighted by molar-refractivity contribution is 5.91. The smallest absolute Gasteiger partial charge is 0.246 e. The van der Waals surface area contributed by atoms with Crippen molar-refractivity contribution in [1.29, 1.82) is 0 Å². The van der Waals surface area contributed by atoms with Crippen molar-refractivity contribution < 1.29 is 4.79 Å². The Morgan fingerprint density at radius 2 is 2.17 bits per heavy atom. The van der Waals surface area contributed by atoms with Gasteiger partial charge in [-0.2, -0.15) is 0 Å². The van der Waals surface area contributed by atoms with E-state index in [0.717, 1.165) is 18.4 Å². The summed E-state index contributed by atoms with van der Waals surface area (Å²) in [5.74, 6) is 0.0887. The highest BCUT2D eigenvalue weighted by Crippen LogP contribution is 2.21. The van der Waals surface area contributed by atoms with Crippen molar-refractivity contribution in [2.45, 2.75) is 38.1 Å². The normalized spacial score (nSPS) is 16.9. The molecule has 1 saturated carbocycles. The van der Waals surface area contributed by atoms with E-state index >= 15 is 0 Å². The topological polar surface area (TPSA) is 33.2 Å². The van der Waals surface area contributed by atoms with Crippen molar-refractivity contribution in [2.24, 2.45) is 0 Å². The maximum atomic E-state index is 12.0. The molecule has 0 unspecified atom stereocenters. The minimum Gasteiger partial charge on any atom is -0.339 e. The Bertz CT molecular complexity index is 408. The van der Waals surface area contributed by atoms with Gasteiger partial charge >= 0.3 is 0 Å². The van der Waals surface area contributed by atoms with E-state index in [0.29, 0.717) is 6.04 Å². The van der Waals surface area contributed by atoms with Gasteiger partial charge in [-0.05, 0) is 30.5 Å². The second kappa shape index (κ2) is 6.34. The molecule has 0 spiro atoms. The summed E-state index contributed by atoms with van der Waals surface area (Å²) in [6.45, 7) is 0. The predicted octanol–water partition coefficient (Wildman–Crippen LogP) is 2.89. The van der Waals surface area contributed by atoms with Gasteiger partial charge in [-0.25, -0.2) is 0 Å². The average Bonchev–Trinajstić information content (AvgIpc) is 2.46. The van der Waals surface area contributed by atoms with Crippen LogP contribution in [-0.4, -0.2) is 28.9 Å². The van der Waals surface area contributed by atoms with Crippen LogP contribution in [0.25, 0.3) is 6.08 Å². The van der Waals surface area contributed by atoms with Gasteiger partial charge in [0.15, 0.2) is 0 Å². The summed E-state index contributed by atoms with van der Waals surface area (Å²) in [5.41, 5.74) is 0.961. The maximum absolute atomic E-state index is 12.0. The number of rotatable bonds is 3. The van der Waals surface area contributed by atoms with Crippen molar-refractivity contribution in [3.63, 3.8) is 0 Å². The van der Waals surface area contributed by atoms with Crippen molar-refractivity contribution in [1.82, 2.24) is 9.88 Å². The minimum absolute atomic E-state index is 0.0887. The molecular weight excluding hydrogens is 224 g/mol. The number of likely N-dealkylation sites (N-methyl/N-ethyl adjacent to an activating group) is 1. The first-order valence-corrected chi connectivity index (χ1v) is 6.62. The number of hydrogen-bond donors (Lipinski definition) is 0. The van der Waals surface area contributed by atoms with Gasteiger partial charge in [0.2, 0.25) is 5.91 Å². The molecule has 1 aliphatic rings. The zero-order chi connectivity index (χ0) is 12.8. The van der Waals surface area contributed by atoms with E-state index in [2.05, 4.69) is 4.98 Å². The number of pyridine rings is 1. The molecule has 1 amide bonds. The molecule has 3 heteroatoms. The molecule has 1 aromatic rings. The van der Waals surface area contributed by atoms with Gasteiger partial charge in [0.1, 0.15) is 0 Å². The zero-order valence-electron chi connectivity index (χ0n) is 10.9. The van der Waals surface area contributed by atoms with Crippen molar-refractivity contribution in [3.8, 4) is 0 Å². The van der Waals surface area contributed by atoms with Crippen LogP contribution in [0.3, 0.4) is 0 Å². The van der Waals surface area contributed by atoms with E-state index in [4.69, 9.17) is 0 Å². The van der Waals surface area contributed by atoms with Gasteiger partial charge in [-0.1, -0.05) is 25.3 Å². The number of amides is 1. The second-order valence-electron chi connectivity index (χ2n) is 4.86. The van der Waals surface area contributed by atoms with Gasteiger partial charge in [-0.3, -0.25) is 9.78 Å². The molecule has 0 bridgehead atoms. The lowest BCUT2D eigenvalue weighted by molar-refractivity contribution is -0.127. The van der Waals surface area contributed by atoms with Gasteiger partial charge in [0.05, 0.1) is 0 Å². The molecule has 0 atom stereocenters. The van der Waals surface area contributed by atoms with E-state index in [9.17, 15) is 4.79 Å². The molecule has 1 aliphatic carbocycles. The van der Waals surface area contributed by atoms with Crippen LogP contribution in [0, 0.1) is 0 Å². The lowest BCUT2D eigenvalue weighted by Gasteiger charge is -2.30. The monoisotopic (exact) mass is 244 g/mol. The van der Waals surface area contributed by atoms with Gasteiger partial charge < -0.3 is 4.90 Å². The molecule has 18 heavy (non-hydrogen) atoms. The minimum atomic E-state index is 0.0887. The van der Waals surface area contributed by atoms with E-state index in [1.165, 1.54) is 19.3 Å². The number of carbonyl (C=O) groups is 1. The molecule has 0 aliphatic heterocycles. The third-order valence-electron chi connectivity index (χ3n) is 3.57. The van der Waals surface area contributed by atoms with Crippen LogP contribution in [0.15, 0.2) is 30.6 Å². The Balaban J connectivity index is 1.92. The fourth-order valence-electron chi connectivity index (χ4n) is 2.41. The van der Waals surface area contributed by atoms with Gasteiger partial charge in [-0.15, -0.1) is 0 Å². The van der Waals surface area contributed by atoms with Crippen LogP contribution < -0.4 is 0 Å². The summed E-state index contributed by atoms with van der Waals surface area (Å²) in [6, 6.07) is 4.23. The third kappa shape index (κ3) is 3.42. The van der Waals surface area contributed by atoms with Crippen molar-refractivity contribution in [2.75, 3.05) is 7.05 Å². The standard InChI is InChI=1S/C15H20N2O/c1-17(14-7-3-2-4-8-14)15(18)10-9-13-6-5-11-16-12-13/h5-6,9-12,14H,2-4,7-8H2,1H3/b10-9+. The summed E-state index contributed by atoms with van der Waals surface area (Å²) >= 11 is 0. The number of carbonyl (C=O) groups excluding carboxylic acids is 1. The van der Waals surface area contributed by atoms with Crippen molar-refractivity contribution in [3.05, 3.63) is 36.2 Å². The lowest BCUT2D eigenvalue weighted by Crippen LogP contribution is -2.37.